The number of amides is 2. The lowest BCUT2D eigenvalue weighted by Crippen LogP contribution is -2.64. The summed E-state index contributed by atoms with van der Waals surface area (Å²) in [5.41, 5.74) is -1.35. The van der Waals surface area contributed by atoms with Crippen molar-refractivity contribution in [2.24, 2.45) is 11.3 Å². The van der Waals surface area contributed by atoms with Gasteiger partial charge in [-0.1, -0.05) is 13.0 Å². The minimum atomic E-state index is -1.35. The quantitative estimate of drug-likeness (QED) is 0.377. The summed E-state index contributed by atoms with van der Waals surface area (Å²) >= 11 is 4.76. The number of nitrogens with one attached hydrogen (secondary N) is 2. The molecule has 0 aromatic carbocycles. The Morgan fingerprint density at radius 1 is 1.47 bits per heavy atom. The Hall–Kier alpha value is -1.76. The highest BCUT2D eigenvalue weighted by molar-refractivity contribution is 7.80. The maximum Gasteiger partial charge on any atom is 0.303 e. The van der Waals surface area contributed by atoms with E-state index in [2.05, 4.69) is 17.2 Å². The molecule has 1 atom stereocenters. The van der Waals surface area contributed by atoms with E-state index in [1.165, 1.54) is 6.08 Å². The van der Waals surface area contributed by atoms with Crippen LogP contribution in [0.1, 0.15) is 26.2 Å². The molecule has 1 saturated heterocycles. The molecule has 1 rings (SSSR count). The van der Waals surface area contributed by atoms with Crippen molar-refractivity contribution in [1.29, 1.82) is 0 Å². The van der Waals surface area contributed by atoms with Crippen molar-refractivity contribution in [2.45, 2.75) is 26.2 Å². The van der Waals surface area contributed by atoms with E-state index in [4.69, 9.17) is 17.3 Å². The number of carboxylic acid groups (broad SMARTS) is 1. The van der Waals surface area contributed by atoms with Gasteiger partial charge in [-0.15, -0.1) is 6.58 Å². The van der Waals surface area contributed by atoms with Gasteiger partial charge in [-0.25, -0.2) is 0 Å². The summed E-state index contributed by atoms with van der Waals surface area (Å²) in [6.45, 7) is 5.24. The molecule has 6 nitrogen and oxygen atoms in total. The first kappa shape index (κ1) is 15.3. The van der Waals surface area contributed by atoms with Gasteiger partial charge >= 0.3 is 5.97 Å². The van der Waals surface area contributed by atoms with Crippen LogP contribution in [0.4, 0.5) is 0 Å². The molecular weight excluding hydrogens is 268 g/mol. The molecule has 0 radical (unpaired) electrons. The highest BCUT2D eigenvalue weighted by Crippen LogP contribution is 2.37. The second-order valence-electron chi connectivity index (χ2n) is 4.53. The van der Waals surface area contributed by atoms with E-state index in [0.717, 1.165) is 0 Å². The first-order chi connectivity index (χ1) is 8.84. The van der Waals surface area contributed by atoms with Crippen LogP contribution >= 0.6 is 12.2 Å². The smallest absolute Gasteiger partial charge is 0.303 e. The van der Waals surface area contributed by atoms with Crippen LogP contribution in [0.2, 0.25) is 0 Å². The lowest BCUT2D eigenvalue weighted by molar-refractivity contribution is -0.148. The summed E-state index contributed by atoms with van der Waals surface area (Å²) < 4.78 is 0. The topological polar surface area (TPSA) is 95.5 Å². The summed E-state index contributed by atoms with van der Waals surface area (Å²) in [5.74, 6) is -2.41. The Morgan fingerprint density at radius 2 is 2.00 bits per heavy atom. The zero-order chi connectivity index (χ0) is 14.6. The average Bonchev–Trinajstić information content (AvgIpc) is 2.30. The number of carbonyl (C=O) groups excluding carboxylic acids is 2. The molecule has 104 valence electrons. The van der Waals surface area contributed by atoms with E-state index in [1.807, 2.05) is 0 Å². The molecule has 1 heterocycles. The number of carbonyl (C=O) groups is 3. The Morgan fingerprint density at radius 3 is 2.42 bits per heavy atom. The number of thiocarbonyl (C=S) groups is 1. The maximum absolute atomic E-state index is 12.2. The third-order valence-electron chi connectivity index (χ3n) is 3.36. The molecule has 0 spiro atoms. The molecule has 0 unspecified atom stereocenters. The van der Waals surface area contributed by atoms with Gasteiger partial charge < -0.3 is 15.7 Å². The summed E-state index contributed by atoms with van der Waals surface area (Å²) in [7, 11) is 0. The first-order valence-corrected chi connectivity index (χ1v) is 6.25. The minimum Gasteiger partial charge on any atom is -0.481 e. The van der Waals surface area contributed by atoms with E-state index in [1.54, 1.807) is 6.92 Å². The Labute approximate surface area is 116 Å². The van der Waals surface area contributed by atoms with Crippen LogP contribution in [0, 0.1) is 11.3 Å². The monoisotopic (exact) mass is 284 g/mol. The number of hydrogen-bond acceptors (Lipinski definition) is 4. The zero-order valence-electron chi connectivity index (χ0n) is 10.6. The lowest BCUT2D eigenvalue weighted by atomic mass is 9.69. The van der Waals surface area contributed by atoms with Crippen molar-refractivity contribution in [1.82, 2.24) is 10.6 Å². The largest absolute Gasteiger partial charge is 0.481 e. The standard InChI is InChI=1S/C12H16N2O4S/c1-3-6-12(7(2)4-5-8(15)16)9(17)13-11(19)14-10(12)18/h3,7H,1,4-6H2,2H3,(H,15,16)(H2,13,14,17,18,19)/t7-/m1/s1. The van der Waals surface area contributed by atoms with Crippen LogP contribution in [0.25, 0.3) is 0 Å². The summed E-state index contributed by atoms with van der Waals surface area (Å²) in [4.78, 5) is 34.9. The number of carboxylic acids is 1. The van der Waals surface area contributed by atoms with E-state index in [-0.39, 0.29) is 24.4 Å². The molecule has 7 heteroatoms. The lowest BCUT2D eigenvalue weighted by Gasteiger charge is -2.38. The fraction of sp³-hybridized carbons (Fsp3) is 0.500. The van der Waals surface area contributed by atoms with E-state index in [9.17, 15) is 14.4 Å². The van der Waals surface area contributed by atoms with Gasteiger partial charge in [0, 0.05) is 6.42 Å². The van der Waals surface area contributed by atoms with Crippen molar-refractivity contribution in [3.05, 3.63) is 12.7 Å². The summed E-state index contributed by atoms with van der Waals surface area (Å²) in [6, 6.07) is 0. The Bertz CT molecular complexity index is 427. The van der Waals surface area contributed by atoms with Gasteiger partial charge in [0.15, 0.2) is 5.11 Å². The van der Waals surface area contributed by atoms with E-state index < -0.39 is 29.1 Å². The molecule has 2 amide bonds. The van der Waals surface area contributed by atoms with Crippen molar-refractivity contribution in [2.75, 3.05) is 0 Å². The van der Waals surface area contributed by atoms with Crippen LogP contribution in [-0.4, -0.2) is 28.0 Å². The minimum absolute atomic E-state index is 0.0277. The predicted molar refractivity (Wildman–Crippen MR) is 72.2 cm³/mol. The third-order valence-corrected chi connectivity index (χ3v) is 3.57. The van der Waals surface area contributed by atoms with Crippen molar-refractivity contribution in [3.8, 4) is 0 Å². The van der Waals surface area contributed by atoms with Crippen LogP contribution in [0.3, 0.4) is 0 Å². The molecule has 1 fully saturated rings. The van der Waals surface area contributed by atoms with Gasteiger partial charge in [0.2, 0.25) is 11.8 Å². The highest BCUT2D eigenvalue weighted by atomic mass is 32.1. The molecule has 1 aliphatic rings. The SMILES string of the molecule is C=CCC1([C@H](C)CCC(=O)O)C(=O)NC(=S)NC1=O. The van der Waals surface area contributed by atoms with Gasteiger partial charge in [0.05, 0.1) is 0 Å². The number of aliphatic carboxylic acids is 1. The van der Waals surface area contributed by atoms with Crippen LogP contribution in [0.5, 0.6) is 0 Å². The van der Waals surface area contributed by atoms with Gasteiger partial charge in [-0.2, -0.15) is 0 Å². The number of rotatable bonds is 6. The molecular formula is C12H16N2O4S. The average molecular weight is 284 g/mol. The fourth-order valence-electron chi connectivity index (χ4n) is 2.21. The summed E-state index contributed by atoms with van der Waals surface area (Å²) in [5, 5.41) is 13.5. The Balaban J connectivity index is 3.04. The normalized spacial score (nSPS) is 19.3. The molecule has 0 aromatic heterocycles. The van der Waals surface area contributed by atoms with Crippen molar-refractivity contribution in [3.63, 3.8) is 0 Å². The summed E-state index contributed by atoms with van der Waals surface area (Å²) in [6.07, 6.45) is 1.72. The van der Waals surface area contributed by atoms with Crippen LogP contribution in [0.15, 0.2) is 12.7 Å². The van der Waals surface area contributed by atoms with Gasteiger partial charge in [-0.3, -0.25) is 14.4 Å². The number of allylic oxidation sites excluding steroid dienone is 1. The van der Waals surface area contributed by atoms with Crippen LogP contribution in [-0.2, 0) is 14.4 Å². The van der Waals surface area contributed by atoms with Gasteiger partial charge in [0.25, 0.3) is 0 Å². The molecule has 1 aliphatic heterocycles. The molecule has 0 saturated carbocycles. The molecule has 3 N–H and O–H groups in total. The van der Waals surface area contributed by atoms with E-state index in [0.29, 0.717) is 0 Å². The maximum atomic E-state index is 12.2. The predicted octanol–water partition coefficient (Wildman–Crippen LogP) is 0.581. The van der Waals surface area contributed by atoms with Crippen molar-refractivity contribution >= 4 is 35.1 Å². The molecule has 0 aliphatic carbocycles. The molecule has 19 heavy (non-hydrogen) atoms. The molecule has 0 bridgehead atoms. The van der Waals surface area contributed by atoms with Crippen LogP contribution < -0.4 is 10.6 Å². The first-order valence-electron chi connectivity index (χ1n) is 5.84. The van der Waals surface area contributed by atoms with Crippen molar-refractivity contribution < 1.29 is 19.5 Å². The number of hydrogen-bond donors (Lipinski definition) is 3. The second kappa shape index (κ2) is 5.92. The highest BCUT2D eigenvalue weighted by Gasteiger charge is 2.52. The molecule has 0 aromatic rings. The fourth-order valence-corrected chi connectivity index (χ4v) is 2.40. The van der Waals surface area contributed by atoms with Gasteiger partial charge in [0.1, 0.15) is 5.41 Å². The van der Waals surface area contributed by atoms with Gasteiger partial charge in [-0.05, 0) is 31.0 Å². The Kier molecular flexibility index (Phi) is 4.77. The van der Waals surface area contributed by atoms with E-state index >= 15 is 0 Å². The third kappa shape index (κ3) is 2.98. The second-order valence-corrected chi connectivity index (χ2v) is 4.94. The zero-order valence-corrected chi connectivity index (χ0v) is 11.4.